The molecule has 0 aromatic heterocycles. The number of ether oxygens (including phenoxy) is 1. The van der Waals surface area contributed by atoms with E-state index in [0.717, 1.165) is 30.7 Å². The summed E-state index contributed by atoms with van der Waals surface area (Å²) >= 11 is 5.47. The molecule has 0 aliphatic carbocycles. The molecule has 0 heterocycles. The zero-order valence-corrected chi connectivity index (χ0v) is 11.3. The van der Waals surface area contributed by atoms with E-state index >= 15 is 0 Å². The molecule has 0 aliphatic rings. The highest BCUT2D eigenvalue weighted by Crippen LogP contribution is 2.22. The minimum Gasteiger partial charge on any atom is -0.496 e. The van der Waals surface area contributed by atoms with Crippen molar-refractivity contribution in [3.63, 3.8) is 0 Å². The number of nitrogens with zero attached hydrogens (tertiary/aromatic N) is 1. The number of hydrogen-bond donors (Lipinski definition) is 0. The van der Waals surface area contributed by atoms with Crippen molar-refractivity contribution in [3.05, 3.63) is 29.3 Å². The van der Waals surface area contributed by atoms with Crippen LogP contribution in [0.2, 0.25) is 0 Å². The summed E-state index contributed by atoms with van der Waals surface area (Å²) in [5.41, 5.74) is 1.55. The maximum absolute atomic E-state index is 11.1. The number of rotatable bonds is 6. The van der Waals surface area contributed by atoms with Gasteiger partial charge in [0.2, 0.25) is 0 Å². The van der Waals surface area contributed by atoms with Crippen LogP contribution in [0.5, 0.6) is 5.75 Å². The first-order valence-corrected chi connectivity index (χ1v) is 5.94. The molecular formula is C13H18ClNO2. The zero-order valence-electron chi connectivity index (χ0n) is 10.5. The van der Waals surface area contributed by atoms with Gasteiger partial charge in [-0.2, -0.15) is 0 Å². The molecule has 17 heavy (non-hydrogen) atoms. The highest BCUT2D eigenvalue weighted by Gasteiger charge is 2.08. The van der Waals surface area contributed by atoms with Crippen LogP contribution in [0, 0.1) is 0 Å². The lowest BCUT2D eigenvalue weighted by atomic mass is 10.1. The lowest BCUT2D eigenvalue weighted by Crippen LogP contribution is -2.13. The van der Waals surface area contributed by atoms with E-state index in [9.17, 15) is 4.79 Å². The van der Waals surface area contributed by atoms with E-state index in [4.69, 9.17) is 16.3 Å². The molecule has 0 saturated heterocycles. The van der Waals surface area contributed by atoms with Crippen LogP contribution in [-0.2, 0) is 6.42 Å². The normalized spacial score (nSPS) is 10.6. The van der Waals surface area contributed by atoms with Crippen LogP contribution in [0.15, 0.2) is 18.2 Å². The van der Waals surface area contributed by atoms with Crippen LogP contribution in [0.4, 0.5) is 0 Å². The van der Waals surface area contributed by atoms with Crippen LogP contribution >= 0.6 is 11.6 Å². The Hall–Kier alpha value is -1.06. The summed E-state index contributed by atoms with van der Waals surface area (Å²) in [6, 6.07) is 5.29. The number of carbonyl (C=O) groups excluding carboxylic acids is 1. The third kappa shape index (κ3) is 4.36. The molecule has 0 spiro atoms. The van der Waals surface area contributed by atoms with E-state index in [1.54, 1.807) is 19.2 Å². The van der Waals surface area contributed by atoms with Gasteiger partial charge in [0.1, 0.15) is 5.75 Å². The fourth-order valence-corrected chi connectivity index (χ4v) is 1.80. The summed E-state index contributed by atoms with van der Waals surface area (Å²) in [6.07, 6.45) is 1.89. The van der Waals surface area contributed by atoms with Crippen LogP contribution < -0.4 is 4.74 Å². The van der Waals surface area contributed by atoms with E-state index in [2.05, 4.69) is 4.90 Å². The Morgan fingerprint density at radius 1 is 1.41 bits per heavy atom. The van der Waals surface area contributed by atoms with Gasteiger partial charge in [-0.25, -0.2) is 0 Å². The zero-order chi connectivity index (χ0) is 12.8. The summed E-state index contributed by atoms with van der Waals surface area (Å²) < 4.78 is 5.27. The van der Waals surface area contributed by atoms with Gasteiger partial charge in [-0.15, -0.1) is 0 Å². The fourth-order valence-electron chi connectivity index (χ4n) is 1.68. The summed E-state index contributed by atoms with van der Waals surface area (Å²) in [5.74, 6) is 0.811. The maximum Gasteiger partial charge on any atom is 0.252 e. The van der Waals surface area contributed by atoms with Crippen molar-refractivity contribution in [1.82, 2.24) is 4.90 Å². The molecule has 0 saturated carbocycles. The van der Waals surface area contributed by atoms with Gasteiger partial charge in [0.05, 0.1) is 7.11 Å². The molecule has 1 rings (SSSR count). The monoisotopic (exact) mass is 255 g/mol. The van der Waals surface area contributed by atoms with Crippen LogP contribution in [0.3, 0.4) is 0 Å². The lowest BCUT2D eigenvalue weighted by molar-refractivity contribution is 0.108. The van der Waals surface area contributed by atoms with Crippen LogP contribution in [0.25, 0.3) is 0 Å². The van der Waals surface area contributed by atoms with Gasteiger partial charge in [-0.1, -0.05) is 0 Å². The third-order valence-corrected chi connectivity index (χ3v) is 2.78. The number of carbonyl (C=O) groups is 1. The first-order valence-electron chi connectivity index (χ1n) is 5.56. The number of hydrogen-bond acceptors (Lipinski definition) is 3. The first kappa shape index (κ1) is 14.0. The van der Waals surface area contributed by atoms with Gasteiger partial charge in [0.25, 0.3) is 5.24 Å². The average Bonchev–Trinajstić information content (AvgIpc) is 2.28. The van der Waals surface area contributed by atoms with E-state index < -0.39 is 5.24 Å². The predicted molar refractivity (Wildman–Crippen MR) is 70.1 cm³/mol. The Morgan fingerprint density at radius 2 is 2.12 bits per heavy atom. The molecule has 94 valence electrons. The van der Waals surface area contributed by atoms with Gasteiger partial charge in [-0.3, -0.25) is 4.79 Å². The minimum atomic E-state index is -0.429. The second kappa shape index (κ2) is 6.62. The topological polar surface area (TPSA) is 29.5 Å². The standard InChI is InChI=1S/C13H18ClNO2/c1-15(2)8-4-5-10-9-11(13(14)16)6-7-12(10)17-3/h6-7,9H,4-5,8H2,1-3H3. The quantitative estimate of drug-likeness (QED) is 0.732. The lowest BCUT2D eigenvalue weighted by Gasteiger charge is -2.12. The van der Waals surface area contributed by atoms with Crippen molar-refractivity contribution < 1.29 is 9.53 Å². The molecule has 0 atom stereocenters. The van der Waals surface area contributed by atoms with E-state index in [0.29, 0.717) is 5.56 Å². The fraction of sp³-hybridized carbons (Fsp3) is 0.462. The highest BCUT2D eigenvalue weighted by molar-refractivity contribution is 6.67. The molecule has 3 nitrogen and oxygen atoms in total. The van der Waals surface area contributed by atoms with Gasteiger partial charge in [0.15, 0.2) is 0 Å². The van der Waals surface area contributed by atoms with E-state index in [1.165, 1.54) is 0 Å². The molecule has 0 aliphatic heterocycles. The van der Waals surface area contributed by atoms with Crippen LogP contribution in [0.1, 0.15) is 22.3 Å². The molecule has 1 aromatic rings. The average molecular weight is 256 g/mol. The predicted octanol–water partition coefficient (Wildman–Crippen LogP) is 2.57. The van der Waals surface area contributed by atoms with Crippen molar-refractivity contribution in [2.45, 2.75) is 12.8 Å². The summed E-state index contributed by atoms with van der Waals surface area (Å²) in [5, 5.41) is -0.429. The molecule has 0 N–H and O–H groups in total. The van der Waals surface area contributed by atoms with Crippen molar-refractivity contribution in [3.8, 4) is 5.75 Å². The van der Waals surface area contributed by atoms with Crippen molar-refractivity contribution >= 4 is 16.8 Å². The van der Waals surface area contributed by atoms with Gasteiger partial charge in [-0.05, 0) is 68.8 Å². The maximum atomic E-state index is 11.1. The summed E-state index contributed by atoms with van der Waals surface area (Å²) in [7, 11) is 5.71. The van der Waals surface area contributed by atoms with Gasteiger partial charge < -0.3 is 9.64 Å². The van der Waals surface area contributed by atoms with Gasteiger partial charge >= 0.3 is 0 Å². The molecular weight excluding hydrogens is 238 g/mol. The third-order valence-electron chi connectivity index (χ3n) is 2.56. The Balaban J connectivity index is 2.79. The Kier molecular flexibility index (Phi) is 5.45. The number of halogens is 1. The Labute approximate surface area is 107 Å². The molecule has 4 heteroatoms. The van der Waals surface area contributed by atoms with E-state index in [-0.39, 0.29) is 0 Å². The molecule has 0 bridgehead atoms. The second-order valence-corrected chi connectivity index (χ2v) is 4.55. The Morgan fingerprint density at radius 3 is 2.65 bits per heavy atom. The number of benzene rings is 1. The van der Waals surface area contributed by atoms with Crippen molar-refractivity contribution in [2.24, 2.45) is 0 Å². The second-order valence-electron chi connectivity index (χ2n) is 4.21. The minimum absolute atomic E-state index is 0.429. The molecule has 0 fully saturated rings. The SMILES string of the molecule is COc1ccc(C(=O)Cl)cc1CCCN(C)C. The van der Waals surface area contributed by atoms with Crippen molar-refractivity contribution in [2.75, 3.05) is 27.7 Å². The smallest absolute Gasteiger partial charge is 0.252 e. The number of methoxy groups -OCH3 is 1. The first-order chi connectivity index (χ1) is 8.04. The summed E-state index contributed by atoms with van der Waals surface area (Å²) in [6.45, 7) is 1.00. The molecule has 1 aromatic carbocycles. The molecule has 0 radical (unpaired) electrons. The molecule has 0 unspecified atom stereocenters. The van der Waals surface area contributed by atoms with Crippen molar-refractivity contribution in [1.29, 1.82) is 0 Å². The van der Waals surface area contributed by atoms with E-state index in [1.807, 2.05) is 20.2 Å². The number of aryl methyl sites for hydroxylation is 1. The van der Waals surface area contributed by atoms with Crippen LogP contribution in [-0.4, -0.2) is 37.9 Å². The Bertz CT molecular complexity index is 391. The van der Waals surface area contributed by atoms with Gasteiger partial charge in [0, 0.05) is 5.56 Å². The highest BCUT2D eigenvalue weighted by atomic mass is 35.5. The molecule has 0 amide bonds. The summed E-state index contributed by atoms with van der Waals surface area (Å²) in [4.78, 5) is 13.2. The largest absolute Gasteiger partial charge is 0.496 e.